The fourth-order valence-corrected chi connectivity index (χ4v) is 2.51. The zero-order valence-electron chi connectivity index (χ0n) is 12.2. The van der Waals surface area contributed by atoms with E-state index in [0.29, 0.717) is 5.92 Å². The molecular formula is C18H19N3. The van der Waals surface area contributed by atoms with E-state index in [9.17, 15) is 0 Å². The molecule has 1 N–H and O–H groups in total. The van der Waals surface area contributed by atoms with Crippen LogP contribution < -0.4 is 5.32 Å². The zero-order valence-corrected chi connectivity index (χ0v) is 12.2. The minimum absolute atomic E-state index is 0.529. The van der Waals surface area contributed by atoms with Crippen LogP contribution in [0.3, 0.4) is 0 Å². The molecule has 3 nitrogen and oxygen atoms in total. The highest BCUT2D eigenvalue weighted by molar-refractivity contribution is 5.90. The van der Waals surface area contributed by atoms with E-state index in [4.69, 9.17) is 0 Å². The summed E-state index contributed by atoms with van der Waals surface area (Å²) in [5, 5.41) is 13.9. The molecule has 1 atom stereocenters. The normalized spacial score (nSPS) is 12.2. The predicted octanol–water partition coefficient (Wildman–Crippen LogP) is 4.24. The fourth-order valence-electron chi connectivity index (χ4n) is 2.51. The Morgan fingerprint density at radius 1 is 1.00 bits per heavy atom. The van der Waals surface area contributed by atoms with Gasteiger partial charge in [-0.05, 0) is 17.9 Å². The Bertz CT molecular complexity index is 704. The SMILES string of the molecule is CC(CCNc1nncc2ccccc12)c1ccccc1. The first-order valence-electron chi connectivity index (χ1n) is 7.34. The third-order valence-electron chi connectivity index (χ3n) is 3.81. The molecule has 0 radical (unpaired) electrons. The number of nitrogens with zero attached hydrogens (tertiary/aromatic N) is 2. The van der Waals surface area contributed by atoms with Crippen LogP contribution in [-0.2, 0) is 0 Å². The summed E-state index contributed by atoms with van der Waals surface area (Å²) in [6.07, 6.45) is 2.86. The van der Waals surface area contributed by atoms with Crippen LogP contribution >= 0.6 is 0 Å². The van der Waals surface area contributed by atoms with E-state index < -0.39 is 0 Å². The van der Waals surface area contributed by atoms with Crippen LogP contribution in [0.2, 0.25) is 0 Å². The second-order valence-electron chi connectivity index (χ2n) is 5.31. The van der Waals surface area contributed by atoms with E-state index in [2.05, 4.69) is 64.9 Å². The third kappa shape index (κ3) is 3.19. The standard InChI is InChI=1S/C18H19N3/c1-14(15-7-3-2-4-8-15)11-12-19-18-17-10-6-5-9-16(17)13-20-21-18/h2-10,13-14H,11-12H2,1H3,(H,19,21). The van der Waals surface area contributed by atoms with Crippen LogP contribution in [0.5, 0.6) is 0 Å². The summed E-state index contributed by atoms with van der Waals surface area (Å²) >= 11 is 0. The molecule has 1 unspecified atom stereocenters. The van der Waals surface area contributed by atoms with Gasteiger partial charge in [0, 0.05) is 17.3 Å². The lowest BCUT2D eigenvalue weighted by atomic mass is 9.98. The molecule has 106 valence electrons. The van der Waals surface area contributed by atoms with E-state index in [0.717, 1.165) is 29.6 Å². The first kappa shape index (κ1) is 13.6. The number of nitrogens with one attached hydrogen (secondary N) is 1. The summed E-state index contributed by atoms with van der Waals surface area (Å²) in [4.78, 5) is 0. The summed E-state index contributed by atoms with van der Waals surface area (Å²) in [5.74, 6) is 1.40. The lowest BCUT2D eigenvalue weighted by Gasteiger charge is -2.13. The van der Waals surface area contributed by atoms with E-state index in [1.807, 2.05) is 12.1 Å². The van der Waals surface area contributed by atoms with Gasteiger partial charge < -0.3 is 5.32 Å². The molecule has 3 aromatic rings. The molecule has 3 heteroatoms. The van der Waals surface area contributed by atoms with Crippen molar-refractivity contribution >= 4 is 16.6 Å². The van der Waals surface area contributed by atoms with Gasteiger partial charge in [0.25, 0.3) is 0 Å². The summed E-state index contributed by atoms with van der Waals surface area (Å²) in [5.41, 5.74) is 1.38. The van der Waals surface area contributed by atoms with E-state index in [1.165, 1.54) is 5.56 Å². The van der Waals surface area contributed by atoms with Gasteiger partial charge in [-0.25, -0.2) is 0 Å². The number of rotatable bonds is 5. The maximum Gasteiger partial charge on any atom is 0.156 e. The van der Waals surface area contributed by atoms with E-state index >= 15 is 0 Å². The third-order valence-corrected chi connectivity index (χ3v) is 3.81. The van der Waals surface area contributed by atoms with Crippen LogP contribution in [0.25, 0.3) is 10.8 Å². The van der Waals surface area contributed by atoms with Crippen molar-refractivity contribution in [3.63, 3.8) is 0 Å². The van der Waals surface area contributed by atoms with Gasteiger partial charge in [0.1, 0.15) is 0 Å². The molecule has 2 aromatic carbocycles. The molecule has 3 rings (SSSR count). The van der Waals surface area contributed by atoms with Gasteiger partial charge in [-0.1, -0.05) is 61.5 Å². The van der Waals surface area contributed by atoms with Crippen LogP contribution in [0.4, 0.5) is 5.82 Å². The highest BCUT2D eigenvalue weighted by Crippen LogP contribution is 2.21. The van der Waals surface area contributed by atoms with Crippen molar-refractivity contribution in [1.29, 1.82) is 0 Å². The molecule has 0 amide bonds. The Labute approximate surface area is 125 Å². The average molecular weight is 277 g/mol. The average Bonchev–Trinajstić information content (AvgIpc) is 2.56. The van der Waals surface area contributed by atoms with E-state index in [1.54, 1.807) is 6.20 Å². The van der Waals surface area contributed by atoms with Crippen molar-refractivity contribution in [2.24, 2.45) is 0 Å². The van der Waals surface area contributed by atoms with Gasteiger partial charge in [-0.3, -0.25) is 0 Å². The van der Waals surface area contributed by atoms with Crippen LogP contribution in [0, 0.1) is 0 Å². The lowest BCUT2D eigenvalue weighted by Crippen LogP contribution is -2.08. The second kappa shape index (κ2) is 6.35. The van der Waals surface area contributed by atoms with Crippen molar-refractivity contribution in [3.8, 4) is 0 Å². The molecule has 0 aliphatic carbocycles. The van der Waals surface area contributed by atoms with E-state index in [-0.39, 0.29) is 0 Å². The smallest absolute Gasteiger partial charge is 0.156 e. The highest BCUT2D eigenvalue weighted by atomic mass is 15.2. The minimum Gasteiger partial charge on any atom is -0.368 e. The Hall–Kier alpha value is -2.42. The molecule has 0 spiro atoms. The topological polar surface area (TPSA) is 37.8 Å². The largest absolute Gasteiger partial charge is 0.368 e. The van der Waals surface area contributed by atoms with Gasteiger partial charge in [0.2, 0.25) is 0 Å². The molecule has 0 saturated carbocycles. The van der Waals surface area contributed by atoms with Crippen LogP contribution in [-0.4, -0.2) is 16.7 Å². The number of benzene rings is 2. The van der Waals surface area contributed by atoms with Gasteiger partial charge in [-0.2, -0.15) is 5.10 Å². The maximum atomic E-state index is 4.22. The van der Waals surface area contributed by atoms with Crippen molar-refractivity contribution in [2.45, 2.75) is 19.3 Å². The maximum absolute atomic E-state index is 4.22. The highest BCUT2D eigenvalue weighted by Gasteiger charge is 2.06. The fraction of sp³-hybridized carbons (Fsp3) is 0.222. The number of anilines is 1. The summed E-state index contributed by atoms with van der Waals surface area (Å²) in [6, 6.07) is 18.8. The van der Waals surface area contributed by atoms with Gasteiger partial charge in [0.05, 0.1) is 6.20 Å². The van der Waals surface area contributed by atoms with Crippen LogP contribution in [0.1, 0.15) is 24.8 Å². The van der Waals surface area contributed by atoms with Crippen molar-refractivity contribution in [1.82, 2.24) is 10.2 Å². The number of fused-ring (bicyclic) bond motifs is 1. The Balaban J connectivity index is 1.65. The quantitative estimate of drug-likeness (QED) is 0.758. The Morgan fingerprint density at radius 3 is 2.62 bits per heavy atom. The lowest BCUT2D eigenvalue weighted by molar-refractivity contribution is 0.704. The molecule has 0 bridgehead atoms. The molecule has 21 heavy (non-hydrogen) atoms. The number of aromatic nitrogens is 2. The molecule has 0 saturated heterocycles. The van der Waals surface area contributed by atoms with Gasteiger partial charge in [-0.15, -0.1) is 5.10 Å². The van der Waals surface area contributed by atoms with Crippen molar-refractivity contribution in [2.75, 3.05) is 11.9 Å². The van der Waals surface area contributed by atoms with Crippen LogP contribution in [0.15, 0.2) is 60.8 Å². The molecule has 0 fully saturated rings. The molecule has 1 heterocycles. The first-order valence-corrected chi connectivity index (χ1v) is 7.34. The summed E-state index contributed by atoms with van der Waals surface area (Å²) < 4.78 is 0. The number of hydrogen-bond acceptors (Lipinski definition) is 3. The van der Waals surface area contributed by atoms with Crippen molar-refractivity contribution < 1.29 is 0 Å². The monoisotopic (exact) mass is 277 g/mol. The second-order valence-corrected chi connectivity index (χ2v) is 5.31. The predicted molar refractivity (Wildman–Crippen MR) is 87.5 cm³/mol. The summed E-state index contributed by atoms with van der Waals surface area (Å²) in [6.45, 7) is 3.14. The Morgan fingerprint density at radius 2 is 1.76 bits per heavy atom. The molecule has 0 aliphatic heterocycles. The minimum atomic E-state index is 0.529. The zero-order chi connectivity index (χ0) is 14.5. The summed E-state index contributed by atoms with van der Waals surface area (Å²) in [7, 11) is 0. The van der Waals surface area contributed by atoms with Gasteiger partial charge >= 0.3 is 0 Å². The molecular weight excluding hydrogens is 258 g/mol. The number of hydrogen-bond donors (Lipinski definition) is 1. The van der Waals surface area contributed by atoms with Gasteiger partial charge in [0.15, 0.2) is 5.82 Å². The first-order chi connectivity index (χ1) is 10.3. The molecule has 1 aromatic heterocycles. The van der Waals surface area contributed by atoms with Crippen molar-refractivity contribution in [3.05, 3.63) is 66.4 Å². The molecule has 0 aliphatic rings. The Kier molecular flexibility index (Phi) is 4.10.